The highest BCUT2D eigenvalue weighted by atomic mass is 35.5. The molecule has 0 atom stereocenters. The molecule has 29 heavy (non-hydrogen) atoms. The predicted molar refractivity (Wildman–Crippen MR) is 108 cm³/mol. The maximum atomic E-state index is 12.8. The zero-order valence-corrected chi connectivity index (χ0v) is 16.4. The Morgan fingerprint density at radius 3 is 2.55 bits per heavy atom. The number of phenols is 1. The van der Waals surface area contributed by atoms with Crippen LogP contribution in [-0.4, -0.2) is 33.0 Å². The van der Waals surface area contributed by atoms with Crippen molar-refractivity contribution in [2.75, 3.05) is 11.9 Å². The molecule has 1 amide bonds. The van der Waals surface area contributed by atoms with E-state index in [-0.39, 0.29) is 22.0 Å². The van der Waals surface area contributed by atoms with Gasteiger partial charge in [-0.3, -0.25) is 14.3 Å². The van der Waals surface area contributed by atoms with Crippen LogP contribution < -0.4 is 10.9 Å². The Hall–Kier alpha value is -3.52. The number of benzene rings is 2. The molecule has 2 aromatic carbocycles. The first-order chi connectivity index (χ1) is 13.8. The van der Waals surface area contributed by atoms with Crippen LogP contribution in [0.3, 0.4) is 0 Å². The van der Waals surface area contributed by atoms with Crippen molar-refractivity contribution < 1.29 is 19.4 Å². The van der Waals surface area contributed by atoms with E-state index in [0.717, 1.165) is 0 Å². The molecule has 0 aliphatic rings. The van der Waals surface area contributed by atoms with Gasteiger partial charge in [-0.2, -0.15) is 0 Å². The highest BCUT2D eigenvalue weighted by Gasteiger charge is 2.20. The Kier molecular flexibility index (Phi) is 5.74. The van der Waals surface area contributed by atoms with Crippen LogP contribution in [0, 0.1) is 6.92 Å². The fourth-order valence-corrected chi connectivity index (χ4v) is 2.94. The van der Waals surface area contributed by atoms with E-state index in [1.807, 2.05) is 6.07 Å². The summed E-state index contributed by atoms with van der Waals surface area (Å²) < 4.78 is 7.95. The van der Waals surface area contributed by atoms with Crippen LogP contribution in [0.2, 0.25) is 5.02 Å². The lowest BCUT2D eigenvalue weighted by molar-refractivity contribution is -0.119. The number of amides is 1. The number of carbonyl (C=O) groups excluding carboxylic acids is 2. The quantitative estimate of drug-likeness (QED) is 0.623. The number of phenolic OH excluding ortho intramolecular Hbond substituents is 1. The number of carbonyl (C=O) groups is 2. The number of nitrogens with one attached hydrogen (secondary N) is 1. The van der Waals surface area contributed by atoms with Gasteiger partial charge in [-0.1, -0.05) is 29.8 Å². The Labute approximate surface area is 170 Å². The van der Waals surface area contributed by atoms with Gasteiger partial charge in [0.1, 0.15) is 17.0 Å². The first-order valence-corrected chi connectivity index (χ1v) is 8.97. The van der Waals surface area contributed by atoms with Crippen molar-refractivity contribution in [3.05, 3.63) is 75.2 Å². The maximum absolute atomic E-state index is 12.8. The molecule has 0 bridgehead atoms. The molecule has 0 unspecified atom stereocenters. The molecule has 0 saturated carbocycles. The third-order valence-corrected chi connectivity index (χ3v) is 4.57. The first-order valence-electron chi connectivity index (χ1n) is 8.59. The molecule has 0 saturated heterocycles. The molecule has 9 heteroatoms. The van der Waals surface area contributed by atoms with Gasteiger partial charge in [0.05, 0.1) is 11.4 Å². The average molecular weight is 416 g/mol. The molecular weight excluding hydrogens is 398 g/mol. The van der Waals surface area contributed by atoms with Crippen molar-refractivity contribution in [3.8, 4) is 11.4 Å². The lowest BCUT2D eigenvalue weighted by atomic mass is 10.2. The van der Waals surface area contributed by atoms with Gasteiger partial charge in [-0.05, 0) is 37.3 Å². The molecule has 3 aromatic rings. The number of aromatic hydroxyl groups is 1. The van der Waals surface area contributed by atoms with Crippen molar-refractivity contribution in [2.24, 2.45) is 7.05 Å². The number of esters is 1. The minimum Gasteiger partial charge on any atom is -0.507 e. The number of aromatic nitrogens is 2. The maximum Gasteiger partial charge on any atom is 0.342 e. The van der Waals surface area contributed by atoms with E-state index in [1.54, 1.807) is 42.9 Å². The summed E-state index contributed by atoms with van der Waals surface area (Å²) >= 11 is 5.80. The van der Waals surface area contributed by atoms with E-state index in [2.05, 4.69) is 5.32 Å². The molecule has 1 heterocycles. The third kappa shape index (κ3) is 4.17. The summed E-state index contributed by atoms with van der Waals surface area (Å²) in [5.74, 6) is -1.91. The standard InChI is InChI=1S/C20H18ClN3O5/c1-12-18(19(27)24(23(12)2)14-6-4-3-5-7-14)22-17(26)11-29-20(28)15-10-13(21)8-9-16(15)25/h3-10,25H,11H2,1-2H3,(H,22,26). The Morgan fingerprint density at radius 2 is 1.86 bits per heavy atom. The lowest BCUT2D eigenvalue weighted by Gasteiger charge is -2.07. The average Bonchev–Trinajstić information content (AvgIpc) is 2.92. The van der Waals surface area contributed by atoms with E-state index in [4.69, 9.17) is 16.3 Å². The second-order valence-corrected chi connectivity index (χ2v) is 6.66. The third-order valence-electron chi connectivity index (χ3n) is 4.33. The number of anilines is 1. The number of nitrogens with zero attached hydrogens (tertiary/aromatic N) is 2. The molecule has 0 radical (unpaired) electrons. The Balaban J connectivity index is 1.74. The fourth-order valence-electron chi connectivity index (χ4n) is 2.77. The van der Waals surface area contributed by atoms with Gasteiger partial charge < -0.3 is 15.2 Å². The van der Waals surface area contributed by atoms with E-state index < -0.39 is 24.0 Å². The van der Waals surface area contributed by atoms with Crippen molar-refractivity contribution in [1.29, 1.82) is 0 Å². The molecule has 3 rings (SSSR count). The minimum absolute atomic E-state index is 0.0861. The van der Waals surface area contributed by atoms with Gasteiger partial charge >= 0.3 is 5.97 Å². The summed E-state index contributed by atoms with van der Waals surface area (Å²) in [4.78, 5) is 37.0. The van der Waals surface area contributed by atoms with Crippen molar-refractivity contribution in [1.82, 2.24) is 9.36 Å². The van der Waals surface area contributed by atoms with E-state index in [1.165, 1.54) is 22.9 Å². The van der Waals surface area contributed by atoms with Crippen LogP contribution in [0.5, 0.6) is 5.75 Å². The predicted octanol–water partition coefficient (Wildman–Crippen LogP) is 2.64. The fraction of sp³-hybridized carbons (Fsp3) is 0.150. The molecule has 0 fully saturated rings. The topological polar surface area (TPSA) is 103 Å². The zero-order valence-electron chi connectivity index (χ0n) is 15.7. The summed E-state index contributed by atoms with van der Waals surface area (Å²) in [6, 6.07) is 12.9. The lowest BCUT2D eigenvalue weighted by Crippen LogP contribution is -2.25. The van der Waals surface area contributed by atoms with Crippen LogP contribution in [-0.2, 0) is 16.6 Å². The second-order valence-electron chi connectivity index (χ2n) is 6.22. The molecule has 1 aromatic heterocycles. The second kappa shape index (κ2) is 8.24. The zero-order chi connectivity index (χ0) is 21.1. The van der Waals surface area contributed by atoms with Crippen molar-refractivity contribution in [3.63, 3.8) is 0 Å². The highest BCUT2D eigenvalue weighted by molar-refractivity contribution is 6.31. The van der Waals surface area contributed by atoms with E-state index >= 15 is 0 Å². The molecule has 0 spiro atoms. The van der Waals surface area contributed by atoms with Gasteiger partial charge in [-0.15, -0.1) is 0 Å². The number of para-hydroxylation sites is 1. The molecular formula is C20H18ClN3O5. The minimum atomic E-state index is -0.911. The SMILES string of the molecule is Cc1c(NC(=O)COC(=O)c2cc(Cl)ccc2O)c(=O)n(-c2ccccc2)n1C. The molecule has 8 nitrogen and oxygen atoms in total. The van der Waals surface area contributed by atoms with Gasteiger partial charge in [0.15, 0.2) is 6.61 Å². The van der Waals surface area contributed by atoms with Gasteiger partial charge in [0, 0.05) is 12.1 Å². The van der Waals surface area contributed by atoms with Gasteiger partial charge in [-0.25, -0.2) is 9.48 Å². The summed E-state index contributed by atoms with van der Waals surface area (Å²) in [7, 11) is 1.70. The summed E-state index contributed by atoms with van der Waals surface area (Å²) in [5.41, 5.74) is 0.691. The van der Waals surface area contributed by atoms with Crippen molar-refractivity contribution >= 4 is 29.2 Å². The molecule has 2 N–H and O–H groups in total. The first kappa shape index (κ1) is 20.2. The summed E-state index contributed by atoms with van der Waals surface area (Å²) in [6.07, 6.45) is 0. The van der Waals surface area contributed by atoms with Crippen LogP contribution in [0.15, 0.2) is 53.3 Å². The number of halogens is 1. The molecule has 150 valence electrons. The van der Waals surface area contributed by atoms with Crippen LogP contribution in [0.25, 0.3) is 5.69 Å². The Morgan fingerprint density at radius 1 is 1.17 bits per heavy atom. The summed E-state index contributed by atoms with van der Waals surface area (Å²) in [6.45, 7) is 1.05. The number of hydrogen-bond donors (Lipinski definition) is 2. The van der Waals surface area contributed by atoms with Crippen molar-refractivity contribution in [2.45, 2.75) is 6.92 Å². The Bertz CT molecular complexity index is 1140. The number of rotatable bonds is 5. The molecule has 0 aliphatic heterocycles. The largest absolute Gasteiger partial charge is 0.507 e. The monoisotopic (exact) mass is 415 g/mol. The van der Waals surface area contributed by atoms with Crippen LogP contribution in [0.1, 0.15) is 16.1 Å². The van der Waals surface area contributed by atoms with Crippen LogP contribution in [0.4, 0.5) is 5.69 Å². The van der Waals surface area contributed by atoms with Gasteiger partial charge in [0.2, 0.25) is 0 Å². The highest BCUT2D eigenvalue weighted by Crippen LogP contribution is 2.22. The van der Waals surface area contributed by atoms with Gasteiger partial charge in [0.25, 0.3) is 11.5 Å². The number of hydrogen-bond acceptors (Lipinski definition) is 5. The normalized spacial score (nSPS) is 10.6. The molecule has 0 aliphatic carbocycles. The van der Waals surface area contributed by atoms with E-state index in [9.17, 15) is 19.5 Å². The van der Waals surface area contributed by atoms with E-state index in [0.29, 0.717) is 11.4 Å². The number of ether oxygens (including phenoxy) is 1. The van der Waals surface area contributed by atoms with Crippen LogP contribution >= 0.6 is 11.6 Å². The smallest absolute Gasteiger partial charge is 0.342 e. The summed E-state index contributed by atoms with van der Waals surface area (Å²) in [5, 5.41) is 12.4.